The molecule has 0 N–H and O–H groups in total. The summed E-state index contributed by atoms with van der Waals surface area (Å²) in [6.07, 6.45) is 6.02. The molecule has 0 aromatic heterocycles. The second kappa shape index (κ2) is 8.51. The van der Waals surface area contributed by atoms with Gasteiger partial charge < -0.3 is 4.74 Å². The topological polar surface area (TPSA) is 26.3 Å². The molecule has 0 radical (unpaired) electrons. The summed E-state index contributed by atoms with van der Waals surface area (Å²) < 4.78 is 5.41. The molecule has 2 heteroatoms. The van der Waals surface area contributed by atoms with Crippen molar-refractivity contribution in [1.29, 1.82) is 0 Å². The molecule has 0 aliphatic carbocycles. The molecule has 0 fully saturated rings. The molecule has 0 aromatic rings. The van der Waals surface area contributed by atoms with Crippen LogP contribution in [-0.2, 0) is 9.53 Å². The van der Waals surface area contributed by atoms with Crippen LogP contribution in [0.15, 0.2) is 12.2 Å². The molecule has 0 aliphatic heterocycles. The third-order valence-electron chi connectivity index (χ3n) is 2.48. The highest BCUT2D eigenvalue weighted by molar-refractivity contribution is 5.87. The zero-order valence-corrected chi connectivity index (χ0v) is 10.3. The predicted octanol–water partition coefficient (Wildman–Crippen LogP) is 3.85. The standard InChI is InChI=1S/C13H24O2/c1-5-8-10-12(9-6-2)15-13(14)11(4)7-3/h12H,4-10H2,1-3H3. The maximum absolute atomic E-state index is 11.5. The zero-order chi connectivity index (χ0) is 11.7. The molecule has 0 amide bonds. The number of unbranched alkanes of at least 4 members (excludes halogenated alkanes) is 1. The Kier molecular flexibility index (Phi) is 8.06. The van der Waals surface area contributed by atoms with Crippen LogP contribution in [0, 0.1) is 0 Å². The molecular weight excluding hydrogens is 188 g/mol. The minimum absolute atomic E-state index is 0.0887. The molecule has 0 saturated carbocycles. The van der Waals surface area contributed by atoms with Crippen LogP contribution in [0.1, 0.15) is 59.3 Å². The van der Waals surface area contributed by atoms with E-state index in [9.17, 15) is 4.79 Å². The van der Waals surface area contributed by atoms with Crippen LogP contribution < -0.4 is 0 Å². The van der Waals surface area contributed by atoms with E-state index in [-0.39, 0.29) is 12.1 Å². The Balaban J connectivity index is 4.02. The summed E-state index contributed by atoms with van der Waals surface area (Å²) in [5, 5.41) is 0. The van der Waals surface area contributed by atoms with Crippen molar-refractivity contribution >= 4 is 5.97 Å². The Morgan fingerprint density at radius 1 is 1.20 bits per heavy atom. The van der Waals surface area contributed by atoms with E-state index in [2.05, 4.69) is 20.4 Å². The Labute approximate surface area is 93.7 Å². The largest absolute Gasteiger partial charge is 0.459 e. The fourth-order valence-corrected chi connectivity index (χ4v) is 1.40. The molecule has 0 heterocycles. The van der Waals surface area contributed by atoms with E-state index >= 15 is 0 Å². The third-order valence-corrected chi connectivity index (χ3v) is 2.48. The van der Waals surface area contributed by atoms with Gasteiger partial charge in [-0.15, -0.1) is 0 Å². The van der Waals surface area contributed by atoms with Crippen molar-refractivity contribution in [1.82, 2.24) is 0 Å². The normalized spacial score (nSPS) is 12.2. The SMILES string of the molecule is C=C(CC)C(=O)OC(CCC)CCCC. The number of carbonyl (C=O) groups is 1. The van der Waals surface area contributed by atoms with Gasteiger partial charge in [0.25, 0.3) is 0 Å². The van der Waals surface area contributed by atoms with E-state index in [0.717, 1.165) is 32.1 Å². The second-order valence-corrected chi connectivity index (χ2v) is 3.92. The molecule has 0 bridgehead atoms. The van der Waals surface area contributed by atoms with Crippen molar-refractivity contribution < 1.29 is 9.53 Å². The highest BCUT2D eigenvalue weighted by Crippen LogP contribution is 2.13. The Morgan fingerprint density at radius 3 is 2.33 bits per heavy atom. The number of hydrogen-bond acceptors (Lipinski definition) is 2. The molecule has 1 unspecified atom stereocenters. The maximum atomic E-state index is 11.5. The Hall–Kier alpha value is -0.790. The minimum Gasteiger partial charge on any atom is -0.459 e. The van der Waals surface area contributed by atoms with Crippen molar-refractivity contribution in [2.75, 3.05) is 0 Å². The highest BCUT2D eigenvalue weighted by atomic mass is 16.5. The molecule has 0 rings (SSSR count). The molecule has 2 nitrogen and oxygen atoms in total. The van der Waals surface area contributed by atoms with Crippen LogP contribution in [-0.4, -0.2) is 12.1 Å². The van der Waals surface area contributed by atoms with Gasteiger partial charge in [-0.2, -0.15) is 0 Å². The second-order valence-electron chi connectivity index (χ2n) is 3.92. The van der Waals surface area contributed by atoms with Gasteiger partial charge in [0, 0.05) is 5.57 Å². The summed E-state index contributed by atoms with van der Waals surface area (Å²) in [5.41, 5.74) is 0.576. The summed E-state index contributed by atoms with van der Waals surface area (Å²) in [6.45, 7) is 9.87. The third kappa shape index (κ3) is 6.32. The quantitative estimate of drug-likeness (QED) is 0.451. The van der Waals surface area contributed by atoms with Gasteiger partial charge in [0.2, 0.25) is 0 Å². The number of hydrogen-bond donors (Lipinski definition) is 0. The van der Waals surface area contributed by atoms with Gasteiger partial charge in [-0.1, -0.05) is 46.6 Å². The van der Waals surface area contributed by atoms with E-state index in [1.807, 2.05) is 6.92 Å². The lowest BCUT2D eigenvalue weighted by atomic mass is 10.1. The average Bonchev–Trinajstić information content (AvgIpc) is 2.24. The van der Waals surface area contributed by atoms with Gasteiger partial charge in [0.15, 0.2) is 0 Å². The van der Waals surface area contributed by atoms with Gasteiger partial charge in [0.05, 0.1) is 0 Å². The van der Waals surface area contributed by atoms with Gasteiger partial charge in [0.1, 0.15) is 6.10 Å². The van der Waals surface area contributed by atoms with E-state index in [0.29, 0.717) is 12.0 Å². The first-order valence-electron chi connectivity index (χ1n) is 6.04. The zero-order valence-electron chi connectivity index (χ0n) is 10.3. The summed E-state index contributed by atoms with van der Waals surface area (Å²) in [6, 6.07) is 0. The predicted molar refractivity (Wildman–Crippen MR) is 63.7 cm³/mol. The van der Waals surface area contributed by atoms with Gasteiger partial charge in [-0.05, 0) is 19.3 Å². The maximum Gasteiger partial charge on any atom is 0.333 e. The van der Waals surface area contributed by atoms with Gasteiger partial charge >= 0.3 is 5.97 Å². The van der Waals surface area contributed by atoms with E-state index in [1.54, 1.807) is 0 Å². The molecule has 88 valence electrons. The molecule has 0 spiro atoms. The van der Waals surface area contributed by atoms with E-state index in [1.165, 1.54) is 0 Å². The smallest absolute Gasteiger partial charge is 0.333 e. The molecule has 0 aliphatic rings. The van der Waals surface area contributed by atoms with Gasteiger partial charge in [-0.3, -0.25) is 0 Å². The summed E-state index contributed by atoms with van der Waals surface area (Å²) in [7, 11) is 0. The lowest BCUT2D eigenvalue weighted by Crippen LogP contribution is -2.19. The molecule has 0 aromatic carbocycles. The van der Waals surface area contributed by atoms with E-state index in [4.69, 9.17) is 4.74 Å². The van der Waals surface area contributed by atoms with Crippen LogP contribution in [0.3, 0.4) is 0 Å². The first-order valence-corrected chi connectivity index (χ1v) is 6.04. The lowest BCUT2D eigenvalue weighted by molar-refractivity contribution is -0.145. The van der Waals surface area contributed by atoms with Crippen molar-refractivity contribution in [3.8, 4) is 0 Å². The van der Waals surface area contributed by atoms with Crippen LogP contribution in [0.5, 0.6) is 0 Å². The van der Waals surface area contributed by atoms with Crippen molar-refractivity contribution in [2.24, 2.45) is 0 Å². The molecular formula is C13H24O2. The first-order chi connectivity index (χ1) is 7.15. The summed E-state index contributed by atoms with van der Waals surface area (Å²) in [5.74, 6) is -0.216. The average molecular weight is 212 g/mol. The molecule has 15 heavy (non-hydrogen) atoms. The fraction of sp³-hybridized carbons (Fsp3) is 0.769. The van der Waals surface area contributed by atoms with Gasteiger partial charge in [-0.25, -0.2) is 4.79 Å². The number of rotatable bonds is 8. The number of ether oxygens (including phenoxy) is 1. The lowest BCUT2D eigenvalue weighted by Gasteiger charge is -2.17. The fourth-order valence-electron chi connectivity index (χ4n) is 1.40. The van der Waals surface area contributed by atoms with E-state index < -0.39 is 0 Å². The Bertz CT molecular complexity index is 197. The monoisotopic (exact) mass is 212 g/mol. The summed E-state index contributed by atoms with van der Waals surface area (Å²) in [4.78, 5) is 11.5. The van der Waals surface area contributed by atoms with Crippen LogP contribution in [0.4, 0.5) is 0 Å². The number of carbonyl (C=O) groups excluding carboxylic acids is 1. The molecule has 0 saturated heterocycles. The Morgan fingerprint density at radius 2 is 1.87 bits per heavy atom. The van der Waals surface area contributed by atoms with Crippen molar-refractivity contribution in [2.45, 2.75) is 65.4 Å². The summed E-state index contributed by atoms with van der Waals surface area (Å²) >= 11 is 0. The first kappa shape index (κ1) is 14.2. The van der Waals surface area contributed by atoms with Crippen molar-refractivity contribution in [3.63, 3.8) is 0 Å². The van der Waals surface area contributed by atoms with Crippen molar-refractivity contribution in [3.05, 3.63) is 12.2 Å². The van der Waals surface area contributed by atoms with Crippen LogP contribution >= 0.6 is 0 Å². The minimum atomic E-state index is -0.216. The highest BCUT2D eigenvalue weighted by Gasteiger charge is 2.14. The number of esters is 1. The molecule has 1 atom stereocenters. The van der Waals surface area contributed by atoms with Crippen LogP contribution in [0.25, 0.3) is 0 Å². The van der Waals surface area contributed by atoms with Crippen LogP contribution in [0.2, 0.25) is 0 Å².